The lowest BCUT2D eigenvalue weighted by atomic mass is 9.84. The van der Waals surface area contributed by atoms with Crippen LogP contribution in [0.1, 0.15) is 46.0 Å². The Kier molecular flexibility index (Phi) is 5.41. The van der Waals surface area contributed by atoms with Crippen LogP contribution in [0.15, 0.2) is 0 Å². The van der Waals surface area contributed by atoms with Gasteiger partial charge in [-0.15, -0.1) is 0 Å². The second kappa shape index (κ2) is 6.16. The third-order valence-electron chi connectivity index (χ3n) is 4.08. The predicted molar refractivity (Wildman–Crippen MR) is 71.5 cm³/mol. The lowest BCUT2D eigenvalue weighted by Gasteiger charge is -2.28. The Morgan fingerprint density at radius 3 is 2.35 bits per heavy atom. The molecule has 5 heteroatoms. The van der Waals surface area contributed by atoms with E-state index in [4.69, 9.17) is 0 Å². The number of rotatable bonds is 7. The predicted octanol–water partition coefficient (Wildman–Crippen LogP) is 1.48. The molecule has 0 amide bonds. The molecule has 0 heterocycles. The summed E-state index contributed by atoms with van der Waals surface area (Å²) in [5.41, 5.74) is 0.215. The van der Waals surface area contributed by atoms with Crippen LogP contribution >= 0.6 is 0 Å². The topological polar surface area (TPSA) is 58.2 Å². The number of nitrogens with one attached hydrogen (secondary N) is 2. The lowest BCUT2D eigenvalue weighted by molar-refractivity contribution is 0.285. The maximum absolute atomic E-state index is 12.0. The van der Waals surface area contributed by atoms with Crippen LogP contribution in [0.2, 0.25) is 0 Å². The molecule has 2 N–H and O–H groups in total. The summed E-state index contributed by atoms with van der Waals surface area (Å²) in [6, 6.07) is 0. The summed E-state index contributed by atoms with van der Waals surface area (Å²) < 4.78 is 26.8. The van der Waals surface area contributed by atoms with E-state index in [1.807, 2.05) is 0 Å². The van der Waals surface area contributed by atoms with E-state index in [-0.39, 0.29) is 10.7 Å². The fourth-order valence-electron chi connectivity index (χ4n) is 2.57. The summed E-state index contributed by atoms with van der Waals surface area (Å²) in [4.78, 5) is 0. The smallest absolute Gasteiger partial charge is 0.215 e. The van der Waals surface area contributed by atoms with E-state index in [1.54, 1.807) is 14.0 Å². The maximum Gasteiger partial charge on any atom is 0.215 e. The highest BCUT2D eigenvalue weighted by atomic mass is 32.2. The van der Waals surface area contributed by atoms with Crippen molar-refractivity contribution in [1.82, 2.24) is 10.0 Å². The third kappa shape index (κ3) is 3.93. The molecule has 4 nitrogen and oxygen atoms in total. The highest BCUT2D eigenvalue weighted by molar-refractivity contribution is 7.90. The summed E-state index contributed by atoms with van der Waals surface area (Å²) >= 11 is 0. The molecule has 0 bridgehead atoms. The van der Waals surface area contributed by atoms with Crippen LogP contribution in [0.3, 0.4) is 0 Å². The lowest BCUT2D eigenvalue weighted by Crippen LogP contribution is -2.42. The van der Waals surface area contributed by atoms with Gasteiger partial charge < -0.3 is 5.32 Å². The van der Waals surface area contributed by atoms with E-state index in [9.17, 15) is 8.42 Å². The molecule has 1 saturated carbocycles. The molecular weight excluding hydrogens is 236 g/mol. The van der Waals surface area contributed by atoms with Crippen molar-refractivity contribution in [2.24, 2.45) is 5.41 Å². The summed E-state index contributed by atoms with van der Waals surface area (Å²) in [6.07, 6.45) is 5.86. The van der Waals surface area contributed by atoms with Crippen LogP contribution in [-0.4, -0.2) is 33.8 Å². The highest BCUT2D eigenvalue weighted by Crippen LogP contribution is 2.40. The first-order valence-electron chi connectivity index (χ1n) is 6.59. The average Bonchev–Trinajstić information content (AvgIpc) is 2.76. The normalized spacial score (nSPS) is 21.6. The third-order valence-corrected chi connectivity index (χ3v) is 5.86. The minimum atomic E-state index is -3.17. The Morgan fingerprint density at radius 1 is 1.29 bits per heavy atom. The number of sulfonamides is 1. The second-order valence-corrected chi connectivity index (χ2v) is 7.48. The summed E-state index contributed by atoms with van der Waals surface area (Å²) in [5.74, 6) is 0. The molecule has 1 rings (SSSR count). The van der Waals surface area contributed by atoms with E-state index in [0.29, 0.717) is 13.1 Å². The maximum atomic E-state index is 12.0. The summed E-state index contributed by atoms with van der Waals surface area (Å²) in [7, 11) is -1.40. The monoisotopic (exact) mass is 262 g/mol. The second-order valence-electron chi connectivity index (χ2n) is 5.30. The van der Waals surface area contributed by atoms with Crippen molar-refractivity contribution in [2.75, 3.05) is 20.1 Å². The van der Waals surface area contributed by atoms with Crippen LogP contribution in [0.4, 0.5) is 0 Å². The zero-order chi connectivity index (χ0) is 12.9. The quantitative estimate of drug-likeness (QED) is 0.731. The van der Waals surface area contributed by atoms with Gasteiger partial charge in [0.2, 0.25) is 10.0 Å². The van der Waals surface area contributed by atoms with E-state index in [2.05, 4.69) is 17.0 Å². The van der Waals surface area contributed by atoms with Gasteiger partial charge in [-0.25, -0.2) is 13.1 Å². The van der Waals surface area contributed by atoms with Gasteiger partial charge in [0.05, 0.1) is 5.25 Å². The molecule has 0 spiro atoms. The Morgan fingerprint density at radius 2 is 1.88 bits per heavy atom. The zero-order valence-corrected chi connectivity index (χ0v) is 12.1. The minimum absolute atomic E-state index is 0.215. The zero-order valence-electron chi connectivity index (χ0n) is 11.3. The molecule has 102 valence electrons. The minimum Gasteiger partial charge on any atom is -0.318 e. The Labute approximate surface area is 106 Å². The molecule has 0 radical (unpaired) electrons. The van der Waals surface area contributed by atoms with Crippen LogP contribution in [0.5, 0.6) is 0 Å². The van der Waals surface area contributed by atoms with Gasteiger partial charge in [0.15, 0.2) is 0 Å². The largest absolute Gasteiger partial charge is 0.318 e. The molecule has 1 atom stereocenters. The van der Waals surface area contributed by atoms with Crippen molar-refractivity contribution in [2.45, 2.75) is 51.2 Å². The Bertz CT molecular complexity index is 321. The van der Waals surface area contributed by atoms with Crippen molar-refractivity contribution in [3.63, 3.8) is 0 Å². The van der Waals surface area contributed by atoms with Gasteiger partial charge in [0.1, 0.15) is 0 Å². The van der Waals surface area contributed by atoms with Crippen LogP contribution < -0.4 is 10.0 Å². The van der Waals surface area contributed by atoms with Gasteiger partial charge in [0.25, 0.3) is 0 Å². The fraction of sp³-hybridized carbons (Fsp3) is 1.00. The first-order valence-corrected chi connectivity index (χ1v) is 8.13. The summed E-state index contributed by atoms with van der Waals surface area (Å²) in [5, 5.41) is 2.53. The molecule has 0 aliphatic heterocycles. The Balaban J connectivity index is 2.54. The van der Waals surface area contributed by atoms with Gasteiger partial charge in [-0.2, -0.15) is 0 Å². The van der Waals surface area contributed by atoms with Crippen LogP contribution in [0, 0.1) is 5.41 Å². The van der Waals surface area contributed by atoms with E-state index >= 15 is 0 Å². The van der Waals surface area contributed by atoms with Crippen LogP contribution in [0.25, 0.3) is 0 Å². The van der Waals surface area contributed by atoms with Gasteiger partial charge in [0, 0.05) is 13.1 Å². The van der Waals surface area contributed by atoms with Crippen molar-refractivity contribution in [3.8, 4) is 0 Å². The van der Waals surface area contributed by atoms with Crippen molar-refractivity contribution in [3.05, 3.63) is 0 Å². The summed E-state index contributed by atoms with van der Waals surface area (Å²) in [6.45, 7) is 5.01. The molecule has 1 aliphatic carbocycles. The molecule has 1 aliphatic rings. The standard InChI is InChI=1S/C12H26N2O2S/c1-4-12(7-5-6-8-12)10-14-17(15,16)11(2)9-13-3/h11,13-14H,4-10H2,1-3H3. The number of hydrogen-bond donors (Lipinski definition) is 2. The molecule has 17 heavy (non-hydrogen) atoms. The van der Waals surface area contributed by atoms with E-state index < -0.39 is 10.0 Å². The fourth-order valence-corrected chi connectivity index (χ4v) is 3.75. The Hall–Kier alpha value is -0.130. The molecule has 0 aromatic heterocycles. The molecular formula is C12H26N2O2S. The van der Waals surface area contributed by atoms with E-state index in [1.165, 1.54) is 12.8 Å². The molecule has 0 saturated heterocycles. The highest BCUT2D eigenvalue weighted by Gasteiger charge is 2.33. The average molecular weight is 262 g/mol. The number of hydrogen-bond acceptors (Lipinski definition) is 3. The van der Waals surface area contributed by atoms with Crippen molar-refractivity contribution < 1.29 is 8.42 Å². The molecule has 1 fully saturated rings. The molecule has 0 aromatic carbocycles. The first kappa shape index (κ1) is 14.9. The van der Waals surface area contributed by atoms with Crippen molar-refractivity contribution >= 4 is 10.0 Å². The van der Waals surface area contributed by atoms with Crippen LogP contribution in [-0.2, 0) is 10.0 Å². The van der Waals surface area contributed by atoms with E-state index in [0.717, 1.165) is 19.3 Å². The van der Waals surface area contributed by atoms with Crippen molar-refractivity contribution in [1.29, 1.82) is 0 Å². The van der Waals surface area contributed by atoms with Gasteiger partial charge in [-0.1, -0.05) is 19.8 Å². The molecule has 0 aromatic rings. The SMILES string of the molecule is CCC1(CNS(=O)(=O)C(C)CNC)CCCC1. The first-order chi connectivity index (χ1) is 7.96. The molecule has 1 unspecified atom stereocenters. The van der Waals surface area contributed by atoms with Gasteiger partial charge >= 0.3 is 0 Å². The van der Waals surface area contributed by atoms with Gasteiger partial charge in [-0.3, -0.25) is 0 Å². The van der Waals surface area contributed by atoms with Gasteiger partial charge in [-0.05, 0) is 38.6 Å².